The molecule has 0 atom stereocenters. The van der Waals surface area contributed by atoms with Crippen molar-refractivity contribution in [3.63, 3.8) is 0 Å². The number of rotatable bonds is 5. The number of hydrogen-bond acceptors (Lipinski definition) is 4. The molecular formula is C13H12BrNO4S2. The van der Waals surface area contributed by atoms with Gasteiger partial charge in [-0.15, -0.1) is 11.3 Å². The van der Waals surface area contributed by atoms with Gasteiger partial charge in [0, 0.05) is 11.4 Å². The first-order chi connectivity index (χ1) is 9.79. The van der Waals surface area contributed by atoms with Crippen molar-refractivity contribution in [1.29, 1.82) is 0 Å². The predicted octanol–water partition coefficient (Wildman–Crippen LogP) is 3.00. The number of nitrogens with one attached hydrogen (secondary N) is 1. The third-order valence-corrected chi connectivity index (χ3v) is 5.96. The summed E-state index contributed by atoms with van der Waals surface area (Å²) >= 11 is 4.74. The first kappa shape index (κ1) is 16.2. The summed E-state index contributed by atoms with van der Waals surface area (Å²) in [5.41, 5.74) is 0.444. The Labute approximate surface area is 134 Å². The number of hydrogen-bond donors (Lipinski definition) is 2. The monoisotopic (exact) mass is 389 g/mol. The molecule has 0 saturated carbocycles. The van der Waals surface area contributed by atoms with Crippen LogP contribution in [0.1, 0.15) is 20.8 Å². The first-order valence-corrected chi connectivity index (χ1v) is 8.97. The van der Waals surface area contributed by atoms with Crippen molar-refractivity contribution < 1.29 is 18.3 Å². The summed E-state index contributed by atoms with van der Waals surface area (Å²) in [4.78, 5) is 11.8. The Morgan fingerprint density at radius 3 is 2.62 bits per heavy atom. The zero-order valence-corrected chi connectivity index (χ0v) is 14.2. The van der Waals surface area contributed by atoms with Crippen molar-refractivity contribution in [3.05, 3.63) is 50.1 Å². The van der Waals surface area contributed by atoms with Crippen LogP contribution in [-0.2, 0) is 16.6 Å². The fraction of sp³-hybridized carbons (Fsp3) is 0.154. The second-order valence-corrected chi connectivity index (χ2v) is 8.60. The van der Waals surface area contributed by atoms with Crippen LogP contribution in [0.2, 0.25) is 0 Å². The number of sulfonamides is 1. The molecule has 2 N–H and O–H groups in total. The number of aromatic carboxylic acids is 1. The molecule has 1 heterocycles. The third kappa shape index (κ3) is 3.91. The van der Waals surface area contributed by atoms with E-state index >= 15 is 0 Å². The second kappa shape index (κ2) is 6.27. The molecule has 112 valence electrons. The molecule has 0 unspecified atom stereocenters. The van der Waals surface area contributed by atoms with Crippen LogP contribution < -0.4 is 4.72 Å². The molecule has 0 aliphatic carbocycles. The van der Waals surface area contributed by atoms with Gasteiger partial charge in [0.15, 0.2) is 0 Å². The number of benzene rings is 1. The van der Waals surface area contributed by atoms with E-state index in [0.29, 0.717) is 5.56 Å². The second-order valence-electron chi connectivity index (χ2n) is 4.32. The van der Waals surface area contributed by atoms with Crippen LogP contribution in [-0.4, -0.2) is 19.5 Å². The average molecular weight is 390 g/mol. The zero-order chi connectivity index (χ0) is 15.6. The number of carboxylic acids is 1. The van der Waals surface area contributed by atoms with Gasteiger partial charge in [-0.25, -0.2) is 17.9 Å². The van der Waals surface area contributed by atoms with Gasteiger partial charge in [-0.2, -0.15) is 0 Å². The third-order valence-electron chi connectivity index (χ3n) is 2.79. The van der Waals surface area contributed by atoms with Gasteiger partial charge in [0.25, 0.3) is 0 Å². The van der Waals surface area contributed by atoms with Crippen molar-refractivity contribution >= 4 is 43.3 Å². The van der Waals surface area contributed by atoms with Gasteiger partial charge in [-0.1, -0.05) is 6.07 Å². The van der Waals surface area contributed by atoms with Crippen LogP contribution in [0, 0.1) is 6.92 Å². The molecule has 0 bridgehead atoms. The number of carboxylic acid groups (broad SMARTS) is 1. The molecule has 8 heteroatoms. The van der Waals surface area contributed by atoms with Crippen LogP contribution in [0.4, 0.5) is 0 Å². The SMILES string of the molecule is Cc1ccc(C(=O)O)cc1S(=O)(=O)NCc1ccc(Br)s1. The molecule has 2 aromatic rings. The fourth-order valence-corrected chi connectivity index (χ4v) is 4.50. The van der Waals surface area contributed by atoms with E-state index in [2.05, 4.69) is 20.7 Å². The van der Waals surface area contributed by atoms with Gasteiger partial charge in [0.2, 0.25) is 10.0 Å². The zero-order valence-electron chi connectivity index (χ0n) is 11.0. The van der Waals surface area contributed by atoms with Crippen molar-refractivity contribution in [1.82, 2.24) is 4.72 Å². The highest BCUT2D eigenvalue weighted by atomic mass is 79.9. The van der Waals surface area contributed by atoms with Gasteiger partial charge in [0.05, 0.1) is 14.2 Å². The normalized spacial score (nSPS) is 11.5. The summed E-state index contributed by atoms with van der Waals surface area (Å²) in [6, 6.07) is 7.69. The van der Waals surface area contributed by atoms with E-state index in [0.717, 1.165) is 8.66 Å². The smallest absolute Gasteiger partial charge is 0.335 e. The van der Waals surface area contributed by atoms with Crippen molar-refractivity contribution in [2.45, 2.75) is 18.4 Å². The standard InChI is InChI=1S/C13H12BrNO4S2/c1-8-2-3-9(13(16)17)6-11(8)21(18,19)15-7-10-4-5-12(14)20-10/h2-6,15H,7H2,1H3,(H,16,17). The van der Waals surface area contributed by atoms with Crippen molar-refractivity contribution in [2.75, 3.05) is 0 Å². The van der Waals surface area contributed by atoms with Crippen LogP contribution in [0.25, 0.3) is 0 Å². The van der Waals surface area contributed by atoms with Crippen LogP contribution in [0.15, 0.2) is 39.0 Å². The van der Waals surface area contributed by atoms with Crippen molar-refractivity contribution in [3.8, 4) is 0 Å². The summed E-state index contributed by atoms with van der Waals surface area (Å²) < 4.78 is 28.0. The molecule has 0 fully saturated rings. The molecule has 0 saturated heterocycles. The molecule has 0 radical (unpaired) electrons. The molecule has 2 rings (SSSR count). The minimum atomic E-state index is -3.76. The molecule has 1 aromatic carbocycles. The number of halogens is 1. The quantitative estimate of drug-likeness (QED) is 0.822. The Morgan fingerprint density at radius 1 is 1.33 bits per heavy atom. The maximum Gasteiger partial charge on any atom is 0.335 e. The number of carbonyl (C=O) groups is 1. The summed E-state index contributed by atoms with van der Waals surface area (Å²) in [5.74, 6) is -1.16. The lowest BCUT2D eigenvalue weighted by atomic mass is 10.1. The fourth-order valence-electron chi connectivity index (χ4n) is 1.71. The van der Waals surface area contributed by atoms with Gasteiger partial charge in [-0.3, -0.25) is 0 Å². The highest BCUT2D eigenvalue weighted by molar-refractivity contribution is 9.11. The van der Waals surface area contributed by atoms with Crippen LogP contribution in [0.5, 0.6) is 0 Å². The lowest BCUT2D eigenvalue weighted by molar-refractivity contribution is 0.0696. The topological polar surface area (TPSA) is 83.5 Å². The maximum atomic E-state index is 12.3. The summed E-state index contributed by atoms with van der Waals surface area (Å²) in [6.45, 7) is 1.79. The molecule has 0 amide bonds. The molecule has 5 nitrogen and oxygen atoms in total. The molecule has 0 aliphatic rings. The molecule has 1 aromatic heterocycles. The maximum absolute atomic E-state index is 12.3. The van der Waals surface area contributed by atoms with E-state index in [1.54, 1.807) is 6.92 Å². The number of thiophene rings is 1. The molecule has 0 spiro atoms. The van der Waals surface area contributed by atoms with Gasteiger partial charge < -0.3 is 5.11 Å². The summed E-state index contributed by atoms with van der Waals surface area (Å²) in [6.07, 6.45) is 0. The molecule has 0 aliphatic heterocycles. The van der Waals surface area contributed by atoms with Crippen molar-refractivity contribution in [2.24, 2.45) is 0 Å². The van der Waals surface area contributed by atoms with E-state index in [9.17, 15) is 13.2 Å². The van der Waals surface area contributed by atoms with Crippen LogP contribution >= 0.6 is 27.3 Å². The highest BCUT2D eigenvalue weighted by Gasteiger charge is 2.19. The Kier molecular flexibility index (Phi) is 4.82. The molecular weight excluding hydrogens is 378 g/mol. The Balaban J connectivity index is 2.26. The largest absolute Gasteiger partial charge is 0.478 e. The van der Waals surface area contributed by atoms with E-state index in [-0.39, 0.29) is 17.0 Å². The summed E-state index contributed by atoms with van der Waals surface area (Å²) in [7, 11) is -3.76. The molecule has 21 heavy (non-hydrogen) atoms. The lowest BCUT2D eigenvalue weighted by Gasteiger charge is -2.09. The van der Waals surface area contributed by atoms with E-state index in [1.165, 1.54) is 29.5 Å². The Morgan fingerprint density at radius 2 is 2.05 bits per heavy atom. The Bertz CT molecular complexity index is 783. The van der Waals surface area contributed by atoms with E-state index in [4.69, 9.17) is 5.11 Å². The van der Waals surface area contributed by atoms with Gasteiger partial charge in [-0.05, 0) is 52.7 Å². The van der Waals surface area contributed by atoms with E-state index < -0.39 is 16.0 Å². The average Bonchev–Trinajstić information content (AvgIpc) is 2.82. The minimum absolute atomic E-state index is 0.0157. The van der Waals surface area contributed by atoms with Crippen LogP contribution in [0.3, 0.4) is 0 Å². The highest BCUT2D eigenvalue weighted by Crippen LogP contribution is 2.23. The first-order valence-electron chi connectivity index (χ1n) is 5.87. The predicted molar refractivity (Wildman–Crippen MR) is 84.2 cm³/mol. The lowest BCUT2D eigenvalue weighted by Crippen LogP contribution is -2.24. The number of aryl methyl sites for hydroxylation is 1. The Hall–Kier alpha value is -1.22. The summed E-state index contributed by atoms with van der Waals surface area (Å²) in [5, 5.41) is 8.96. The van der Waals surface area contributed by atoms with Gasteiger partial charge in [0.1, 0.15) is 0 Å². The van der Waals surface area contributed by atoms with Gasteiger partial charge >= 0.3 is 5.97 Å². The van der Waals surface area contributed by atoms with E-state index in [1.807, 2.05) is 12.1 Å². The minimum Gasteiger partial charge on any atom is -0.478 e.